The largest absolute Gasteiger partial charge is 0.355 e. The van der Waals surface area contributed by atoms with E-state index in [1.54, 1.807) is 4.57 Å². The van der Waals surface area contributed by atoms with Gasteiger partial charge in [-0.2, -0.15) is 0 Å². The molecule has 0 spiro atoms. The summed E-state index contributed by atoms with van der Waals surface area (Å²) in [6.45, 7) is 4.74. The highest BCUT2D eigenvalue weighted by atomic mass is 32.2. The lowest BCUT2D eigenvalue weighted by Gasteiger charge is -2.18. The van der Waals surface area contributed by atoms with E-state index in [9.17, 15) is 9.59 Å². The van der Waals surface area contributed by atoms with Crippen molar-refractivity contribution >= 4 is 28.6 Å². The van der Waals surface area contributed by atoms with Crippen molar-refractivity contribution in [3.05, 3.63) is 46.3 Å². The Morgan fingerprint density at radius 2 is 2.14 bits per heavy atom. The summed E-state index contributed by atoms with van der Waals surface area (Å²) >= 11 is 1.34. The lowest BCUT2D eigenvalue weighted by molar-refractivity contribution is -0.118. The number of aromatic nitrogens is 2. The number of benzene rings is 1. The van der Waals surface area contributed by atoms with Gasteiger partial charge in [-0.15, -0.1) is 0 Å². The zero-order valence-corrected chi connectivity index (χ0v) is 17.6. The van der Waals surface area contributed by atoms with E-state index in [0.29, 0.717) is 22.6 Å². The van der Waals surface area contributed by atoms with Crippen molar-refractivity contribution in [3.63, 3.8) is 0 Å². The van der Waals surface area contributed by atoms with Crippen molar-refractivity contribution in [2.24, 2.45) is 0 Å². The van der Waals surface area contributed by atoms with E-state index < -0.39 is 0 Å². The predicted octanol–water partition coefficient (Wildman–Crippen LogP) is 4.47. The number of thioether (sulfide) groups is 1. The van der Waals surface area contributed by atoms with Crippen LogP contribution < -0.4 is 10.9 Å². The van der Waals surface area contributed by atoms with Crippen LogP contribution in [0.1, 0.15) is 58.4 Å². The van der Waals surface area contributed by atoms with Gasteiger partial charge in [0.05, 0.1) is 16.7 Å². The van der Waals surface area contributed by atoms with Crippen molar-refractivity contribution in [3.8, 4) is 0 Å². The summed E-state index contributed by atoms with van der Waals surface area (Å²) in [4.78, 5) is 29.9. The molecule has 0 bridgehead atoms. The van der Waals surface area contributed by atoms with Crippen LogP contribution >= 0.6 is 11.8 Å². The molecule has 1 aliphatic rings. The summed E-state index contributed by atoms with van der Waals surface area (Å²) in [7, 11) is 0. The second-order valence-electron chi connectivity index (χ2n) is 7.34. The number of allylic oxidation sites excluding steroid dienone is 1. The van der Waals surface area contributed by atoms with Crippen molar-refractivity contribution in [1.82, 2.24) is 14.9 Å². The zero-order valence-electron chi connectivity index (χ0n) is 16.7. The highest BCUT2D eigenvalue weighted by molar-refractivity contribution is 7.99. The third-order valence-corrected chi connectivity index (χ3v) is 6.25. The highest BCUT2D eigenvalue weighted by Gasteiger charge is 2.16. The van der Waals surface area contributed by atoms with Crippen LogP contribution in [0, 0.1) is 0 Å². The maximum absolute atomic E-state index is 12.9. The van der Waals surface area contributed by atoms with Crippen molar-refractivity contribution in [2.75, 3.05) is 12.3 Å². The van der Waals surface area contributed by atoms with Gasteiger partial charge in [-0.25, -0.2) is 4.98 Å². The lowest BCUT2D eigenvalue weighted by Crippen LogP contribution is -2.29. The number of hydrogen-bond donors (Lipinski definition) is 1. The fraction of sp³-hybridized carbons (Fsp3) is 0.500. The van der Waals surface area contributed by atoms with Gasteiger partial charge in [-0.3, -0.25) is 14.2 Å². The standard InChI is InChI=1S/C22H29N3O2S/c1-3-16(2)25-21(27)18-11-7-8-12-19(18)24-22(25)28-15-20(26)23-14-13-17-9-5-4-6-10-17/h7-9,11-12,16H,3-6,10,13-15H2,1-2H3,(H,23,26)/t16-/m1/s1. The molecule has 0 fully saturated rings. The van der Waals surface area contributed by atoms with E-state index in [1.165, 1.54) is 36.6 Å². The van der Waals surface area contributed by atoms with E-state index in [4.69, 9.17) is 0 Å². The molecule has 6 heteroatoms. The Hall–Kier alpha value is -2.08. The van der Waals surface area contributed by atoms with Gasteiger partial charge in [-0.05, 0) is 57.6 Å². The molecule has 0 saturated heterocycles. The van der Waals surface area contributed by atoms with Gasteiger partial charge in [0, 0.05) is 12.6 Å². The monoisotopic (exact) mass is 399 g/mol. The minimum absolute atomic E-state index is 0.0143. The summed E-state index contributed by atoms with van der Waals surface area (Å²) in [5.41, 5.74) is 2.10. The molecule has 1 aromatic carbocycles. The van der Waals surface area contributed by atoms with Gasteiger partial charge < -0.3 is 5.32 Å². The molecule has 28 heavy (non-hydrogen) atoms. The maximum Gasteiger partial charge on any atom is 0.262 e. The molecule has 3 rings (SSSR count). The summed E-state index contributed by atoms with van der Waals surface area (Å²) < 4.78 is 1.73. The third-order valence-electron chi connectivity index (χ3n) is 5.29. The summed E-state index contributed by atoms with van der Waals surface area (Å²) in [5, 5.41) is 4.24. The van der Waals surface area contributed by atoms with Crippen molar-refractivity contribution in [1.29, 1.82) is 0 Å². The molecule has 1 heterocycles. The van der Waals surface area contributed by atoms with Crippen molar-refractivity contribution < 1.29 is 4.79 Å². The molecule has 150 valence electrons. The van der Waals surface area contributed by atoms with Crippen LogP contribution in [-0.2, 0) is 4.79 Å². The van der Waals surface area contributed by atoms with Crippen LogP contribution in [0.25, 0.3) is 10.9 Å². The Bertz CT molecular complexity index is 920. The third kappa shape index (κ3) is 5.04. The molecule has 1 amide bonds. The summed E-state index contributed by atoms with van der Waals surface area (Å²) in [6, 6.07) is 7.43. The van der Waals surface area contributed by atoms with Crippen LogP contribution in [0.2, 0.25) is 0 Å². The predicted molar refractivity (Wildman–Crippen MR) is 116 cm³/mol. The van der Waals surface area contributed by atoms with Crippen molar-refractivity contribution in [2.45, 2.75) is 63.6 Å². The number of nitrogens with zero attached hydrogens (tertiary/aromatic N) is 2. The first-order chi connectivity index (χ1) is 13.6. The van der Waals surface area contributed by atoms with Gasteiger partial charge in [0.1, 0.15) is 0 Å². The molecule has 2 aromatic rings. The Morgan fingerprint density at radius 1 is 1.32 bits per heavy atom. The average molecular weight is 400 g/mol. The second kappa shape index (κ2) is 9.92. The first-order valence-electron chi connectivity index (χ1n) is 10.2. The van der Waals surface area contributed by atoms with Gasteiger partial charge in [-0.1, -0.05) is 42.5 Å². The Balaban J connectivity index is 1.66. The molecule has 0 aliphatic heterocycles. The molecule has 1 atom stereocenters. The molecular formula is C22H29N3O2S. The van der Waals surface area contributed by atoms with Crippen LogP contribution in [0.15, 0.2) is 45.9 Å². The van der Waals surface area contributed by atoms with E-state index in [0.717, 1.165) is 19.3 Å². The van der Waals surface area contributed by atoms with Crippen LogP contribution in [0.4, 0.5) is 0 Å². The molecule has 5 nitrogen and oxygen atoms in total. The number of hydrogen-bond acceptors (Lipinski definition) is 4. The second-order valence-corrected chi connectivity index (χ2v) is 8.28. The fourth-order valence-electron chi connectivity index (χ4n) is 3.47. The molecule has 1 aromatic heterocycles. The number of para-hydroxylation sites is 1. The lowest BCUT2D eigenvalue weighted by atomic mass is 9.97. The average Bonchev–Trinajstić information content (AvgIpc) is 2.72. The Kier molecular flexibility index (Phi) is 7.31. The highest BCUT2D eigenvalue weighted by Crippen LogP contribution is 2.22. The van der Waals surface area contributed by atoms with E-state index in [1.807, 2.05) is 38.1 Å². The van der Waals surface area contributed by atoms with E-state index in [-0.39, 0.29) is 23.3 Å². The fourth-order valence-corrected chi connectivity index (χ4v) is 4.40. The van der Waals surface area contributed by atoms with Gasteiger partial charge in [0.25, 0.3) is 5.56 Å². The number of carbonyl (C=O) groups excluding carboxylic acids is 1. The molecule has 1 aliphatic carbocycles. The van der Waals surface area contributed by atoms with Gasteiger partial charge in [0.2, 0.25) is 5.91 Å². The molecule has 0 unspecified atom stereocenters. The number of carbonyl (C=O) groups is 1. The molecule has 1 N–H and O–H groups in total. The van der Waals surface area contributed by atoms with E-state index in [2.05, 4.69) is 16.4 Å². The first kappa shape index (κ1) is 20.6. The quantitative estimate of drug-likeness (QED) is 0.404. The molecule has 0 saturated carbocycles. The number of amides is 1. The van der Waals surface area contributed by atoms with E-state index >= 15 is 0 Å². The minimum Gasteiger partial charge on any atom is -0.355 e. The topological polar surface area (TPSA) is 64.0 Å². The van der Waals surface area contributed by atoms with Gasteiger partial charge >= 0.3 is 0 Å². The van der Waals surface area contributed by atoms with Crippen LogP contribution in [0.3, 0.4) is 0 Å². The summed E-state index contributed by atoms with van der Waals surface area (Å²) in [5.74, 6) is 0.250. The summed E-state index contributed by atoms with van der Waals surface area (Å²) in [6.07, 6.45) is 8.94. The number of nitrogens with one attached hydrogen (secondary N) is 1. The smallest absolute Gasteiger partial charge is 0.262 e. The Labute approximate surface area is 170 Å². The van der Waals surface area contributed by atoms with Gasteiger partial charge in [0.15, 0.2) is 5.16 Å². The first-order valence-corrected chi connectivity index (χ1v) is 11.2. The molecular weight excluding hydrogens is 370 g/mol. The number of fused-ring (bicyclic) bond motifs is 1. The normalized spacial score (nSPS) is 15.3. The molecule has 0 radical (unpaired) electrons. The number of rotatable bonds is 8. The maximum atomic E-state index is 12.9. The zero-order chi connectivity index (χ0) is 19.9. The van der Waals surface area contributed by atoms with Crippen LogP contribution in [0.5, 0.6) is 0 Å². The SMILES string of the molecule is CC[C@@H](C)n1c(SCC(=O)NCCC2=CCCCC2)nc2ccccc2c1=O. The minimum atomic E-state index is -0.0351. The van der Waals surface area contributed by atoms with Crippen LogP contribution in [-0.4, -0.2) is 27.8 Å². The Morgan fingerprint density at radius 3 is 2.89 bits per heavy atom.